The maximum Gasteiger partial charge on any atom is 0.0374 e. The highest BCUT2D eigenvalue weighted by Crippen LogP contribution is 2.48. The van der Waals surface area contributed by atoms with Gasteiger partial charge in [-0.3, -0.25) is 0 Å². The molecule has 0 amide bonds. The van der Waals surface area contributed by atoms with Gasteiger partial charge in [0.25, 0.3) is 0 Å². The van der Waals surface area contributed by atoms with E-state index >= 15 is 0 Å². The van der Waals surface area contributed by atoms with Crippen molar-refractivity contribution in [2.75, 3.05) is 18.4 Å². The van der Waals surface area contributed by atoms with Gasteiger partial charge < -0.3 is 10.6 Å². The van der Waals surface area contributed by atoms with Gasteiger partial charge in [0.05, 0.1) is 0 Å². The van der Waals surface area contributed by atoms with E-state index in [4.69, 9.17) is 0 Å². The topological polar surface area (TPSA) is 24.1 Å². The Morgan fingerprint density at radius 1 is 1.17 bits per heavy atom. The van der Waals surface area contributed by atoms with Gasteiger partial charge in [-0.15, -0.1) is 0 Å². The molecule has 2 fully saturated rings. The summed E-state index contributed by atoms with van der Waals surface area (Å²) in [6.07, 6.45) is 5.47. The first-order valence-electron chi connectivity index (χ1n) is 7.21. The minimum Gasteiger partial charge on any atom is -0.382 e. The fraction of sp³-hybridized carbons (Fsp3) is 0.625. The highest BCUT2D eigenvalue weighted by Gasteiger charge is 2.44. The average molecular weight is 244 g/mol. The summed E-state index contributed by atoms with van der Waals surface area (Å²) >= 11 is 0. The minimum absolute atomic E-state index is 0.667. The van der Waals surface area contributed by atoms with Crippen LogP contribution in [0, 0.1) is 19.3 Å². The van der Waals surface area contributed by atoms with Crippen molar-refractivity contribution >= 4 is 5.69 Å². The maximum absolute atomic E-state index is 3.74. The molecule has 1 aliphatic heterocycles. The number of hydrogen-bond acceptors (Lipinski definition) is 2. The number of piperidine rings is 1. The number of hydrogen-bond donors (Lipinski definition) is 2. The maximum atomic E-state index is 3.74. The van der Waals surface area contributed by atoms with Crippen LogP contribution in [0.5, 0.6) is 0 Å². The summed E-state index contributed by atoms with van der Waals surface area (Å²) in [7, 11) is 0. The summed E-state index contributed by atoms with van der Waals surface area (Å²) in [5, 5.41) is 7.21. The molecular formula is C16H24N2. The van der Waals surface area contributed by atoms with Crippen LogP contribution in [0.1, 0.15) is 36.8 Å². The monoisotopic (exact) mass is 244 g/mol. The first-order valence-corrected chi connectivity index (χ1v) is 7.21. The lowest BCUT2D eigenvalue weighted by atomic mass is 9.60. The van der Waals surface area contributed by atoms with Crippen LogP contribution >= 0.6 is 0 Å². The van der Waals surface area contributed by atoms with Gasteiger partial charge in [0.2, 0.25) is 0 Å². The Bertz CT molecular complexity index is 425. The van der Waals surface area contributed by atoms with Crippen LogP contribution in [0.3, 0.4) is 0 Å². The Balaban J connectivity index is 1.60. The quantitative estimate of drug-likeness (QED) is 0.834. The molecule has 1 spiro atoms. The molecule has 1 saturated heterocycles. The van der Waals surface area contributed by atoms with Crippen LogP contribution in [0.15, 0.2) is 18.2 Å². The Kier molecular flexibility index (Phi) is 3.06. The molecule has 2 aliphatic rings. The fourth-order valence-electron chi connectivity index (χ4n) is 3.56. The molecule has 1 saturated carbocycles. The molecule has 1 aromatic carbocycles. The average Bonchev–Trinajstić information content (AvgIpc) is 2.33. The van der Waals surface area contributed by atoms with Crippen molar-refractivity contribution in [1.82, 2.24) is 5.32 Å². The Morgan fingerprint density at radius 2 is 1.89 bits per heavy atom. The summed E-state index contributed by atoms with van der Waals surface area (Å²) < 4.78 is 0. The van der Waals surface area contributed by atoms with Gasteiger partial charge >= 0.3 is 0 Å². The number of aryl methyl sites for hydroxylation is 2. The molecule has 0 aromatic heterocycles. The van der Waals surface area contributed by atoms with Gasteiger partial charge in [0.1, 0.15) is 0 Å². The van der Waals surface area contributed by atoms with Crippen molar-refractivity contribution in [3.63, 3.8) is 0 Å². The first kappa shape index (κ1) is 12.0. The second-order valence-electron chi connectivity index (χ2n) is 6.32. The lowest BCUT2D eigenvalue weighted by molar-refractivity contribution is 0.0718. The third-order valence-corrected chi connectivity index (χ3v) is 4.78. The zero-order chi connectivity index (χ0) is 12.6. The standard InChI is InChI=1S/C16H24N2/c1-12-3-4-13(2)15(9-12)18-14-10-16(11-14)5-7-17-8-6-16/h3-4,9,14,17-18H,5-8,10-11H2,1-2H3. The van der Waals surface area contributed by atoms with E-state index in [-0.39, 0.29) is 0 Å². The molecule has 0 unspecified atom stereocenters. The summed E-state index contributed by atoms with van der Waals surface area (Å²) in [6, 6.07) is 7.39. The smallest absolute Gasteiger partial charge is 0.0374 e. The first-order chi connectivity index (χ1) is 8.67. The van der Waals surface area contributed by atoms with Crippen molar-refractivity contribution in [2.24, 2.45) is 5.41 Å². The number of benzene rings is 1. The fourth-order valence-corrected chi connectivity index (χ4v) is 3.56. The molecule has 0 atom stereocenters. The summed E-state index contributed by atoms with van der Waals surface area (Å²) in [4.78, 5) is 0. The van der Waals surface area contributed by atoms with Crippen LogP contribution in [-0.2, 0) is 0 Å². The zero-order valence-corrected chi connectivity index (χ0v) is 11.6. The van der Waals surface area contributed by atoms with E-state index in [1.54, 1.807) is 0 Å². The third-order valence-electron chi connectivity index (χ3n) is 4.78. The van der Waals surface area contributed by atoms with Crippen molar-refractivity contribution in [3.8, 4) is 0 Å². The van der Waals surface area contributed by atoms with E-state index in [0.717, 1.165) is 0 Å². The Morgan fingerprint density at radius 3 is 2.61 bits per heavy atom. The normalized spacial score (nSPS) is 22.8. The van der Waals surface area contributed by atoms with Crippen molar-refractivity contribution in [3.05, 3.63) is 29.3 Å². The molecule has 2 nitrogen and oxygen atoms in total. The van der Waals surface area contributed by atoms with Crippen molar-refractivity contribution in [2.45, 2.75) is 45.6 Å². The SMILES string of the molecule is Cc1ccc(C)c(NC2CC3(CCNCC3)C2)c1. The third kappa shape index (κ3) is 2.26. The summed E-state index contributed by atoms with van der Waals surface area (Å²) in [5.74, 6) is 0. The van der Waals surface area contributed by atoms with Crippen molar-refractivity contribution < 1.29 is 0 Å². The van der Waals surface area contributed by atoms with Gasteiger partial charge in [0, 0.05) is 11.7 Å². The highest BCUT2D eigenvalue weighted by atomic mass is 15.0. The molecule has 18 heavy (non-hydrogen) atoms. The van der Waals surface area contributed by atoms with E-state index in [9.17, 15) is 0 Å². The molecule has 3 rings (SSSR count). The van der Waals surface area contributed by atoms with Gasteiger partial charge in [0.15, 0.2) is 0 Å². The molecular weight excluding hydrogens is 220 g/mol. The summed E-state index contributed by atoms with van der Waals surface area (Å²) in [5.41, 5.74) is 4.72. The highest BCUT2D eigenvalue weighted by molar-refractivity contribution is 5.53. The molecule has 1 heterocycles. The van der Waals surface area contributed by atoms with E-state index in [0.29, 0.717) is 11.5 Å². The molecule has 0 bridgehead atoms. The van der Waals surface area contributed by atoms with Gasteiger partial charge in [-0.2, -0.15) is 0 Å². The molecule has 2 N–H and O–H groups in total. The summed E-state index contributed by atoms with van der Waals surface area (Å²) in [6.45, 7) is 6.80. The Labute approximate surface area is 110 Å². The van der Waals surface area contributed by atoms with Crippen LogP contribution in [0.4, 0.5) is 5.69 Å². The molecule has 0 radical (unpaired) electrons. The van der Waals surface area contributed by atoms with Crippen LogP contribution < -0.4 is 10.6 Å². The van der Waals surface area contributed by atoms with Crippen LogP contribution in [-0.4, -0.2) is 19.1 Å². The number of rotatable bonds is 2. The van der Waals surface area contributed by atoms with Crippen molar-refractivity contribution in [1.29, 1.82) is 0 Å². The molecule has 2 heteroatoms. The van der Waals surface area contributed by atoms with E-state index in [1.165, 1.54) is 55.6 Å². The van der Waals surface area contributed by atoms with Crippen LogP contribution in [0.25, 0.3) is 0 Å². The van der Waals surface area contributed by atoms with Crippen LogP contribution in [0.2, 0.25) is 0 Å². The Hall–Kier alpha value is -1.02. The zero-order valence-electron chi connectivity index (χ0n) is 11.6. The van der Waals surface area contributed by atoms with E-state index in [2.05, 4.69) is 42.7 Å². The molecule has 1 aromatic rings. The largest absolute Gasteiger partial charge is 0.382 e. The molecule has 1 aliphatic carbocycles. The minimum atomic E-state index is 0.667. The predicted molar refractivity (Wildman–Crippen MR) is 77.1 cm³/mol. The van der Waals surface area contributed by atoms with Gasteiger partial charge in [-0.1, -0.05) is 12.1 Å². The second-order valence-corrected chi connectivity index (χ2v) is 6.32. The lowest BCUT2D eigenvalue weighted by Gasteiger charge is -2.51. The molecule has 98 valence electrons. The predicted octanol–water partition coefficient (Wildman–Crippen LogP) is 3.25. The number of anilines is 1. The van der Waals surface area contributed by atoms with E-state index in [1.807, 2.05) is 0 Å². The second kappa shape index (κ2) is 4.58. The number of nitrogens with one attached hydrogen (secondary N) is 2. The van der Waals surface area contributed by atoms with E-state index < -0.39 is 0 Å². The van der Waals surface area contributed by atoms with Gasteiger partial charge in [-0.25, -0.2) is 0 Å². The lowest BCUT2D eigenvalue weighted by Crippen LogP contribution is -2.50. The van der Waals surface area contributed by atoms with Gasteiger partial charge in [-0.05, 0) is 75.2 Å².